The number of hydrogen-bond donors (Lipinski definition) is 0. The Balaban J connectivity index is 2.89. The lowest BCUT2D eigenvalue weighted by Crippen LogP contribution is -2.53. The zero-order valence-electron chi connectivity index (χ0n) is 11.6. The zero-order valence-corrected chi connectivity index (χ0v) is 11.6. The molecule has 1 rings (SSSR count). The van der Waals surface area contributed by atoms with Gasteiger partial charge >= 0.3 is 0 Å². The third kappa shape index (κ3) is 3.64. The summed E-state index contributed by atoms with van der Waals surface area (Å²) in [7, 11) is 6.87. The van der Waals surface area contributed by atoms with E-state index in [1.54, 1.807) is 0 Å². The SMILES string of the molecule is CC(C)(C)C(Cc1ccccc1)[N+](C)(C)C. The first-order valence-corrected chi connectivity index (χ1v) is 6.06. The van der Waals surface area contributed by atoms with Gasteiger partial charge in [0.2, 0.25) is 0 Å². The molecule has 0 saturated heterocycles. The molecule has 1 unspecified atom stereocenters. The lowest BCUT2D eigenvalue weighted by molar-refractivity contribution is -0.903. The Morgan fingerprint density at radius 3 is 1.88 bits per heavy atom. The van der Waals surface area contributed by atoms with Gasteiger partial charge in [0.15, 0.2) is 0 Å². The molecule has 0 radical (unpaired) electrons. The third-order valence-electron chi connectivity index (χ3n) is 3.21. The second-order valence-electron chi connectivity index (χ2n) is 6.69. The fourth-order valence-corrected chi connectivity index (χ4v) is 2.58. The number of likely N-dealkylation sites (N-methyl/N-ethyl adjacent to an activating group) is 1. The average Bonchev–Trinajstić information content (AvgIpc) is 2.12. The van der Waals surface area contributed by atoms with Gasteiger partial charge in [-0.1, -0.05) is 51.1 Å². The van der Waals surface area contributed by atoms with Crippen molar-refractivity contribution in [3.05, 3.63) is 35.9 Å². The maximum absolute atomic E-state index is 2.34. The van der Waals surface area contributed by atoms with E-state index in [-0.39, 0.29) is 0 Å². The summed E-state index contributed by atoms with van der Waals surface area (Å²) >= 11 is 0. The highest BCUT2D eigenvalue weighted by atomic mass is 15.3. The Bertz CT molecular complexity index is 300. The van der Waals surface area contributed by atoms with Crippen molar-refractivity contribution in [3.63, 3.8) is 0 Å². The van der Waals surface area contributed by atoms with Crippen molar-refractivity contribution >= 4 is 0 Å². The lowest BCUT2D eigenvalue weighted by Gasteiger charge is -2.42. The van der Waals surface area contributed by atoms with E-state index in [1.807, 2.05) is 0 Å². The van der Waals surface area contributed by atoms with Gasteiger partial charge in [-0.25, -0.2) is 0 Å². The van der Waals surface area contributed by atoms with Gasteiger partial charge in [-0.3, -0.25) is 0 Å². The van der Waals surface area contributed by atoms with E-state index in [0.717, 1.165) is 10.9 Å². The van der Waals surface area contributed by atoms with E-state index >= 15 is 0 Å². The molecule has 90 valence electrons. The van der Waals surface area contributed by atoms with Gasteiger partial charge in [0.1, 0.15) is 0 Å². The predicted octanol–water partition coefficient (Wildman–Crippen LogP) is 3.35. The summed E-state index contributed by atoms with van der Waals surface area (Å²) in [5.74, 6) is 0. The topological polar surface area (TPSA) is 0 Å². The van der Waals surface area contributed by atoms with Crippen LogP contribution in [0, 0.1) is 5.41 Å². The second kappa shape index (κ2) is 4.58. The standard InChI is InChI=1S/C15H26N/c1-15(2,3)14(16(4,5)6)12-13-10-8-7-9-11-13/h7-11,14H,12H2,1-6H3/q+1. The first-order valence-electron chi connectivity index (χ1n) is 6.06. The van der Waals surface area contributed by atoms with Crippen LogP contribution in [-0.2, 0) is 6.42 Å². The maximum Gasteiger partial charge on any atom is 0.0973 e. The minimum atomic E-state index is 0.327. The van der Waals surface area contributed by atoms with E-state index in [1.165, 1.54) is 5.56 Å². The minimum Gasteiger partial charge on any atom is -0.328 e. The van der Waals surface area contributed by atoms with Gasteiger partial charge in [0, 0.05) is 11.8 Å². The van der Waals surface area contributed by atoms with E-state index in [2.05, 4.69) is 72.2 Å². The monoisotopic (exact) mass is 220 g/mol. The molecule has 1 nitrogen and oxygen atoms in total. The summed E-state index contributed by atoms with van der Waals surface area (Å²) in [4.78, 5) is 0. The molecule has 0 aliphatic carbocycles. The average molecular weight is 220 g/mol. The van der Waals surface area contributed by atoms with Crippen LogP contribution in [0.2, 0.25) is 0 Å². The van der Waals surface area contributed by atoms with Crippen LogP contribution in [-0.4, -0.2) is 31.7 Å². The Hall–Kier alpha value is -0.820. The van der Waals surface area contributed by atoms with Crippen molar-refractivity contribution in [1.29, 1.82) is 0 Å². The summed E-state index contributed by atoms with van der Waals surface area (Å²) in [6, 6.07) is 11.4. The second-order valence-corrected chi connectivity index (χ2v) is 6.69. The number of hydrogen-bond acceptors (Lipinski definition) is 0. The van der Waals surface area contributed by atoms with Gasteiger partial charge in [-0.15, -0.1) is 0 Å². The van der Waals surface area contributed by atoms with Crippen LogP contribution in [0.4, 0.5) is 0 Å². The van der Waals surface area contributed by atoms with Crippen molar-refractivity contribution in [2.75, 3.05) is 21.1 Å². The highest BCUT2D eigenvalue weighted by molar-refractivity contribution is 5.16. The summed E-state index contributed by atoms with van der Waals surface area (Å²) < 4.78 is 1.01. The molecule has 0 aliphatic heterocycles. The van der Waals surface area contributed by atoms with Crippen LogP contribution in [0.3, 0.4) is 0 Å². The van der Waals surface area contributed by atoms with Crippen LogP contribution in [0.15, 0.2) is 30.3 Å². The van der Waals surface area contributed by atoms with Crippen LogP contribution in [0.1, 0.15) is 26.3 Å². The summed E-state index contributed by atoms with van der Waals surface area (Å²) in [5.41, 5.74) is 1.77. The summed E-state index contributed by atoms with van der Waals surface area (Å²) in [6.07, 6.45) is 1.15. The molecule has 0 saturated carbocycles. The molecule has 0 fully saturated rings. The Morgan fingerprint density at radius 2 is 1.50 bits per heavy atom. The van der Waals surface area contributed by atoms with Crippen molar-refractivity contribution in [1.82, 2.24) is 0 Å². The highest BCUT2D eigenvalue weighted by Gasteiger charge is 2.35. The molecule has 0 heterocycles. The largest absolute Gasteiger partial charge is 0.328 e. The van der Waals surface area contributed by atoms with Gasteiger partial charge in [-0.2, -0.15) is 0 Å². The molecule has 0 amide bonds. The number of quaternary nitrogens is 1. The van der Waals surface area contributed by atoms with Gasteiger partial charge in [0.05, 0.1) is 27.2 Å². The van der Waals surface area contributed by atoms with Crippen LogP contribution >= 0.6 is 0 Å². The molecule has 0 aromatic heterocycles. The van der Waals surface area contributed by atoms with Gasteiger partial charge in [0.25, 0.3) is 0 Å². The first-order chi connectivity index (χ1) is 7.21. The predicted molar refractivity (Wildman–Crippen MR) is 71.4 cm³/mol. The molecule has 1 aromatic rings. The highest BCUT2D eigenvalue weighted by Crippen LogP contribution is 2.29. The van der Waals surface area contributed by atoms with E-state index in [9.17, 15) is 0 Å². The molecule has 1 heteroatoms. The minimum absolute atomic E-state index is 0.327. The Labute approximate surface area is 101 Å². The van der Waals surface area contributed by atoms with E-state index in [4.69, 9.17) is 0 Å². The smallest absolute Gasteiger partial charge is 0.0973 e. The molecule has 0 aliphatic rings. The fraction of sp³-hybridized carbons (Fsp3) is 0.600. The Kier molecular flexibility index (Phi) is 3.80. The number of nitrogens with zero attached hydrogens (tertiary/aromatic N) is 1. The molecule has 1 aromatic carbocycles. The lowest BCUT2D eigenvalue weighted by atomic mass is 9.81. The van der Waals surface area contributed by atoms with Gasteiger partial charge in [-0.05, 0) is 5.56 Å². The van der Waals surface area contributed by atoms with Crippen molar-refractivity contribution in [2.24, 2.45) is 5.41 Å². The fourth-order valence-electron chi connectivity index (χ4n) is 2.58. The van der Waals surface area contributed by atoms with E-state index < -0.39 is 0 Å². The molecular weight excluding hydrogens is 194 g/mol. The van der Waals surface area contributed by atoms with Gasteiger partial charge < -0.3 is 4.48 Å². The third-order valence-corrected chi connectivity index (χ3v) is 3.21. The normalized spacial score (nSPS) is 14.9. The molecule has 0 spiro atoms. The van der Waals surface area contributed by atoms with Crippen molar-refractivity contribution in [3.8, 4) is 0 Å². The van der Waals surface area contributed by atoms with Crippen molar-refractivity contribution in [2.45, 2.75) is 33.2 Å². The molecule has 16 heavy (non-hydrogen) atoms. The van der Waals surface area contributed by atoms with Crippen molar-refractivity contribution < 1.29 is 4.48 Å². The Morgan fingerprint density at radius 1 is 1.00 bits per heavy atom. The summed E-state index contributed by atoms with van der Waals surface area (Å²) in [5, 5.41) is 0. The summed E-state index contributed by atoms with van der Waals surface area (Å²) in [6.45, 7) is 7.01. The number of rotatable bonds is 3. The van der Waals surface area contributed by atoms with Crippen LogP contribution in [0.25, 0.3) is 0 Å². The van der Waals surface area contributed by atoms with Crippen LogP contribution < -0.4 is 0 Å². The zero-order chi connectivity index (χ0) is 12.4. The molecule has 0 N–H and O–H groups in total. The number of benzene rings is 1. The van der Waals surface area contributed by atoms with E-state index in [0.29, 0.717) is 11.5 Å². The maximum atomic E-state index is 2.34. The first kappa shape index (κ1) is 13.2. The quantitative estimate of drug-likeness (QED) is 0.685. The molecule has 0 bridgehead atoms. The van der Waals surface area contributed by atoms with Crippen LogP contribution in [0.5, 0.6) is 0 Å². The molecule has 1 atom stereocenters. The molecular formula is C15H26N+.